The van der Waals surface area contributed by atoms with E-state index < -0.39 is 5.92 Å². The Kier molecular flexibility index (Phi) is 5.37. The molecule has 7 heteroatoms. The van der Waals surface area contributed by atoms with Crippen molar-refractivity contribution in [2.24, 2.45) is 0 Å². The van der Waals surface area contributed by atoms with Crippen molar-refractivity contribution in [1.82, 2.24) is 5.32 Å². The molecule has 2 amide bonds. The lowest BCUT2D eigenvalue weighted by Gasteiger charge is -2.24. The van der Waals surface area contributed by atoms with Gasteiger partial charge in [-0.15, -0.1) is 0 Å². The second-order valence-electron chi connectivity index (χ2n) is 5.78. The Labute approximate surface area is 158 Å². The summed E-state index contributed by atoms with van der Waals surface area (Å²) in [5.74, 6) is -0.769. The highest BCUT2D eigenvalue weighted by Crippen LogP contribution is 2.33. The Morgan fingerprint density at radius 2 is 2.00 bits per heavy atom. The minimum absolute atomic E-state index is 0.115. The van der Waals surface area contributed by atoms with Gasteiger partial charge in [-0.3, -0.25) is 9.59 Å². The molecule has 1 aliphatic rings. The average molecular weight is 419 g/mol. The van der Waals surface area contributed by atoms with E-state index in [0.717, 1.165) is 0 Å². The zero-order chi connectivity index (χ0) is 18.7. The third kappa shape index (κ3) is 3.94. The number of halogens is 2. The van der Waals surface area contributed by atoms with Gasteiger partial charge in [-0.1, -0.05) is 12.1 Å². The van der Waals surface area contributed by atoms with Crippen LogP contribution in [-0.2, 0) is 9.59 Å². The highest BCUT2D eigenvalue weighted by Gasteiger charge is 2.29. The summed E-state index contributed by atoms with van der Waals surface area (Å²) in [6.45, 7) is 0. The van der Waals surface area contributed by atoms with Gasteiger partial charge >= 0.3 is 0 Å². The molecule has 3 rings (SSSR count). The second kappa shape index (κ2) is 7.70. The van der Waals surface area contributed by atoms with Crippen LogP contribution in [0.1, 0.15) is 17.9 Å². The van der Waals surface area contributed by atoms with E-state index in [4.69, 9.17) is 4.74 Å². The van der Waals surface area contributed by atoms with E-state index in [2.05, 4.69) is 26.6 Å². The molecule has 0 bridgehead atoms. The van der Waals surface area contributed by atoms with E-state index in [0.29, 0.717) is 27.0 Å². The molecule has 2 aromatic carbocycles. The van der Waals surface area contributed by atoms with Gasteiger partial charge in [0.05, 0.1) is 12.8 Å². The molecule has 1 aliphatic heterocycles. The van der Waals surface area contributed by atoms with E-state index >= 15 is 0 Å². The largest absolute Gasteiger partial charge is 0.497 e. The van der Waals surface area contributed by atoms with Gasteiger partial charge in [-0.2, -0.15) is 0 Å². The van der Waals surface area contributed by atoms with Gasteiger partial charge in [0, 0.05) is 34.7 Å². The molecule has 5 nitrogen and oxygen atoms in total. The summed E-state index contributed by atoms with van der Waals surface area (Å²) in [7, 11) is 1.54. The molecule has 1 heterocycles. The van der Waals surface area contributed by atoms with Gasteiger partial charge in [0.1, 0.15) is 11.6 Å². The molecule has 0 spiro atoms. The van der Waals surface area contributed by atoms with Gasteiger partial charge in [0.15, 0.2) is 0 Å². The van der Waals surface area contributed by atoms with Crippen LogP contribution in [0, 0.1) is 5.82 Å². The summed E-state index contributed by atoms with van der Waals surface area (Å²) in [5, 5.41) is 5.40. The SMILES string of the molecule is COc1ccc(Br)c(NC(=O)C2=CNC(=O)CC2c2ccc(F)cc2)c1. The minimum atomic E-state index is -0.450. The summed E-state index contributed by atoms with van der Waals surface area (Å²) in [6.07, 6.45) is 1.52. The van der Waals surface area contributed by atoms with Crippen molar-refractivity contribution in [3.8, 4) is 5.75 Å². The van der Waals surface area contributed by atoms with Crippen LogP contribution in [0.2, 0.25) is 0 Å². The lowest BCUT2D eigenvalue weighted by Crippen LogP contribution is -2.32. The Morgan fingerprint density at radius 3 is 2.69 bits per heavy atom. The number of rotatable bonds is 4. The van der Waals surface area contributed by atoms with E-state index in [-0.39, 0.29) is 24.1 Å². The number of nitrogens with one attached hydrogen (secondary N) is 2. The van der Waals surface area contributed by atoms with Crippen molar-refractivity contribution in [1.29, 1.82) is 0 Å². The summed E-state index contributed by atoms with van der Waals surface area (Å²) in [5.41, 5.74) is 1.64. The first kappa shape index (κ1) is 18.1. The minimum Gasteiger partial charge on any atom is -0.497 e. The summed E-state index contributed by atoms with van der Waals surface area (Å²) in [6, 6.07) is 11.0. The normalized spacial score (nSPS) is 16.5. The predicted octanol–water partition coefficient (Wildman–Crippen LogP) is 3.72. The van der Waals surface area contributed by atoms with E-state index in [9.17, 15) is 14.0 Å². The number of benzene rings is 2. The van der Waals surface area contributed by atoms with Crippen molar-refractivity contribution >= 4 is 33.4 Å². The highest BCUT2D eigenvalue weighted by molar-refractivity contribution is 9.10. The van der Waals surface area contributed by atoms with E-state index in [1.165, 1.54) is 18.3 Å². The molecule has 0 saturated heterocycles. The molecule has 134 valence electrons. The standard InChI is InChI=1S/C19H16BrFN2O3/c1-26-13-6-7-16(20)17(8-13)23-19(25)15-10-22-18(24)9-14(15)11-2-4-12(21)5-3-11/h2-8,10,14H,9H2,1H3,(H,22,24)(H,23,25). The van der Waals surface area contributed by atoms with Gasteiger partial charge in [-0.05, 0) is 45.8 Å². The zero-order valence-electron chi connectivity index (χ0n) is 13.9. The maximum Gasteiger partial charge on any atom is 0.253 e. The van der Waals surface area contributed by atoms with Crippen LogP contribution in [0.15, 0.2) is 58.7 Å². The van der Waals surface area contributed by atoms with Crippen LogP contribution in [0.25, 0.3) is 0 Å². The fourth-order valence-electron chi connectivity index (χ4n) is 2.75. The third-order valence-corrected chi connectivity index (χ3v) is 4.80. The first-order valence-electron chi connectivity index (χ1n) is 7.87. The summed E-state index contributed by atoms with van der Waals surface area (Å²) < 4.78 is 19.1. The number of amides is 2. The Morgan fingerprint density at radius 1 is 1.27 bits per heavy atom. The molecule has 0 radical (unpaired) electrons. The molecular weight excluding hydrogens is 403 g/mol. The molecule has 0 fully saturated rings. The number of methoxy groups -OCH3 is 1. The van der Waals surface area contributed by atoms with Crippen LogP contribution in [0.5, 0.6) is 5.75 Å². The van der Waals surface area contributed by atoms with E-state index in [1.54, 1.807) is 37.4 Å². The summed E-state index contributed by atoms with van der Waals surface area (Å²) >= 11 is 3.39. The topological polar surface area (TPSA) is 67.4 Å². The lowest BCUT2D eigenvalue weighted by atomic mass is 9.86. The molecular formula is C19H16BrFN2O3. The maximum absolute atomic E-state index is 13.2. The third-order valence-electron chi connectivity index (χ3n) is 4.11. The second-order valence-corrected chi connectivity index (χ2v) is 6.63. The zero-order valence-corrected chi connectivity index (χ0v) is 15.5. The maximum atomic E-state index is 13.2. The van der Waals surface area contributed by atoms with Gasteiger partial charge in [0.2, 0.25) is 5.91 Å². The molecule has 0 aliphatic carbocycles. The molecule has 0 aromatic heterocycles. The van der Waals surface area contributed by atoms with Crippen molar-refractivity contribution in [3.63, 3.8) is 0 Å². The number of hydrogen-bond donors (Lipinski definition) is 2. The first-order chi connectivity index (χ1) is 12.5. The predicted molar refractivity (Wildman–Crippen MR) is 99.3 cm³/mol. The van der Waals surface area contributed by atoms with E-state index in [1.807, 2.05) is 0 Å². The van der Waals surface area contributed by atoms with Crippen molar-refractivity contribution in [3.05, 3.63) is 70.1 Å². The van der Waals surface area contributed by atoms with Crippen molar-refractivity contribution in [2.75, 3.05) is 12.4 Å². The molecule has 1 unspecified atom stereocenters. The van der Waals surface area contributed by atoms with Crippen molar-refractivity contribution in [2.45, 2.75) is 12.3 Å². The number of ether oxygens (including phenoxy) is 1. The number of hydrogen-bond acceptors (Lipinski definition) is 3. The van der Waals surface area contributed by atoms with Gasteiger partial charge in [-0.25, -0.2) is 4.39 Å². The lowest BCUT2D eigenvalue weighted by molar-refractivity contribution is -0.121. The monoisotopic (exact) mass is 418 g/mol. The van der Waals surface area contributed by atoms with Gasteiger partial charge < -0.3 is 15.4 Å². The first-order valence-corrected chi connectivity index (χ1v) is 8.67. The fraction of sp³-hybridized carbons (Fsp3) is 0.158. The Hall–Kier alpha value is -2.67. The molecule has 26 heavy (non-hydrogen) atoms. The fourth-order valence-corrected chi connectivity index (χ4v) is 3.10. The Balaban J connectivity index is 1.88. The van der Waals surface area contributed by atoms with Crippen LogP contribution in [0.3, 0.4) is 0 Å². The van der Waals surface area contributed by atoms with Gasteiger partial charge in [0.25, 0.3) is 5.91 Å². The number of carbonyl (C=O) groups excluding carboxylic acids is 2. The Bertz CT molecular complexity index is 881. The summed E-state index contributed by atoms with van der Waals surface area (Å²) in [4.78, 5) is 24.6. The quantitative estimate of drug-likeness (QED) is 0.794. The molecule has 0 saturated carbocycles. The average Bonchev–Trinajstić information content (AvgIpc) is 2.64. The molecule has 2 aromatic rings. The highest BCUT2D eigenvalue weighted by atomic mass is 79.9. The van der Waals surface area contributed by atoms with Crippen LogP contribution in [-0.4, -0.2) is 18.9 Å². The molecule has 2 N–H and O–H groups in total. The molecule has 1 atom stereocenters. The van der Waals surface area contributed by atoms with Crippen molar-refractivity contribution < 1.29 is 18.7 Å². The smallest absolute Gasteiger partial charge is 0.253 e. The number of carbonyl (C=O) groups is 2. The van der Waals surface area contributed by atoms with Crippen LogP contribution >= 0.6 is 15.9 Å². The number of anilines is 1. The van der Waals surface area contributed by atoms with Crippen LogP contribution in [0.4, 0.5) is 10.1 Å². The van der Waals surface area contributed by atoms with Crippen LogP contribution < -0.4 is 15.4 Å².